The van der Waals surface area contributed by atoms with Gasteiger partial charge in [0.1, 0.15) is 6.07 Å². The molecule has 0 aromatic heterocycles. The number of hydrogen-bond donors (Lipinski definition) is 1. The quantitative estimate of drug-likeness (QED) is 0.833. The first-order chi connectivity index (χ1) is 7.79. The number of nitrogens with one attached hydrogen (secondary N) is 1. The lowest BCUT2D eigenvalue weighted by Gasteiger charge is -2.25. The summed E-state index contributed by atoms with van der Waals surface area (Å²) in [5.41, 5.74) is 2.94. The molecule has 0 amide bonds. The largest absolute Gasteiger partial charge is 0.384 e. The Morgan fingerprint density at radius 2 is 2.25 bits per heavy atom. The Labute approximate surface area is 97.3 Å². The van der Waals surface area contributed by atoms with Crippen LogP contribution in [0.4, 0.5) is 5.69 Å². The molecule has 1 aromatic carbocycles. The molecule has 1 aliphatic rings. The lowest BCUT2D eigenvalue weighted by atomic mass is 9.83. The van der Waals surface area contributed by atoms with E-state index in [9.17, 15) is 0 Å². The van der Waals surface area contributed by atoms with Crippen LogP contribution in [0.2, 0.25) is 0 Å². The molecule has 0 atom stereocenters. The van der Waals surface area contributed by atoms with E-state index >= 15 is 0 Å². The number of nitriles is 1. The van der Waals surface area contributed by atoms with E-state index in [2.05, 4.69) is 24.4 Å². The maximum absolute atomic E-state index is 8.99. The molecule has 0 spiro atoms. The summed E-state index contributed by atoms with van der Waals surface area (Å²) in [7, 11) is 0. The summed E-state index contributed by atoms with van der Waals surface area (Å²) in [5.74, 6) is 0.919. The number of aryl methyl sites for hydroxylation is 1. The van der Waals surface area contributed by atoms with Crippen LogP contribution in [0, 0.1) is 24.2 Å². The second kappa shape index (κ2) is 5.03. The molecular formula is C14H18N2. The molecule has 0 bridgehead atoms. The highest BCUT2D eigenvalue weighted by Gasteiger charge is 2.16. The molecule has 0 saturated heterocycles. The van der Waals surface area contributed by atoms with Crippen molar-refractivity contribution in [2.24, 2.45) is 5.92 Å². The van der Waals surface area contributed by atoms with Crippen molar-refractivity contribution in [3.63, 3.8) is 0 Å². The number of hydrogen-bond acceptors (Lipinski definition) is 2. The maximum atomic E-state index is 8.99. The normalized spacial score (nSPS) is 15.2. The molecule has 0 radical (unpaired) electrons. The lowest BCUT2D eigenvalue weighted by Crippen LogP contribution is -2.15. The van der Waals surface area contributed by atoms with E-state index in [4.69, 9.17) is 5.26 Å². The number of benzene rings is 1. The Morgan fingerprint density at radius 1 is 1.44 bits per heavy atom. The smallest absolute Gasteiger partial charge is 0.101 e. The summed E-state index contributed by atoms with van der Waals surface area (Å²) in [6.45, 7) is 3.04. The molecule has 1 aliphatic carbocycles. The van der Waals surface area contributed by atoms with E-state index in [-0.39, 0.29) is 0 Å². The second-order valence-electron chi connectivity index (χ2n) is 4.67. The van der Waals surface area contributed by atoms with Crippen LogP contribution < -0.4 is 5.32 Å². The van der Waals surface area contributed by atoms with E-state index in [1.807, 2.05) is 12.1 Å². The molecule has 2 rings (SSSR count). The van der Waals surface area contributed by atoms with Crippen molar-refractivity contribution < 1.29 is 0 Å². The molecule has 2 nitrogen and oxygen atoms in total. The summed E-state index contributed by atoms with van der Waals surface area (Å²) < 4.78 is 0. The third-order valence-corrected chi connectivity index (χ3v) is 3.39. The first-order valence-corrected chi connectivity index (χ1v) is 6.04. The molecule has 0 unspecified atom stereocenters. The molecule has 1 N–H and O–H groups in total. The van der Waals surface area contributed by atoms with E-state index in [1.54, 1.807) is 0 Å². The zero-order valence-electron chi connectivity index (χ0n) is 9.79. The van der Waals surface area contributed by atoms with Gasteiger partial charge in [0.25, 0.3) is 0 Å². The van der Waals surface area contributed by atoms with Gasteiger partial charge in [-0.15, -0.1) is 0 Å². The fourth-order valence-corrected chi connectivity index (χ4v) is 2.09. The van der Waals surface area contributed by atoms with E-state index in [1.165, 1.54) is 31.2 Å². The lowest BCUT2D eigenvalue weighted by molar-refractivity contribution is 0.303. The number of rotatable bonds is 4. The Kier molecular flexibility index (Phi) is 3.46. The summed E-state index contributed by atoms with van der Waals surface area (Å²) in [5, 5.41) is 12.4. The minimum Gasteiger partial charge on any atom is -0.384 e. The first-order valence-electron chi connectivity index (χ1n) is 6.04. The Morgan fingerprint density at radius 3 is 2.88 bits per heavy atom. The average Bonchev–Trinajstić information content (AvgIpc) is 2.22. The van der Waals surface area contributed by atoms with Crippen LogP contribution in [0.5, 0.6) is 0 Å². The van der Waals surface area contributed by atoms with Crippen LogP contribution in [-0.2, 0) is 0 Å². The van der Waals surface area contributed by atoms with Gasteiger partial charge in [-0.2, -0.15) is 5.26 Å². The van der Waals surface area contributed by atoms with Crippen molar-refractivity contribution in [2.75, 3.05) is 11.9 Å². The monoisotopic (exact) mass is 214 g/mol. The minimum atomic E-state index is 0.749. The van der Waals surface area contributed by atoms with Crippen molar-refractivity contribution in [1.29, 1.82) is 5.26 Å². The molecule has 0 heterocycles. The van der Waals surface area contributed by atoms with Crippen LogP contribution in [0.15, 0.2) is 18.2 Å². The minimum absolute atomic E-state index is 0.749. The summed E-state index contributed by atoms with van der Waals surface area (Å²) in [6, 6.07) is 8.15. The molecule has 84 valence electrons. The molecule has 0 aliphatic heterocycles. The molecule has 16 heavy (non-hydrogen) atoms. The van der Waals surface area contributed by atoms with E-state index in [0.717, 1.165) is 23.7 Å². The highest BCUT2D eigenvalue weighted by molar-refractivity contribution is 5.58. The fraction of sp³-hybridized carbons (Fsp3) is 0.500. The standard InChI is InChI=1S/C14H18N2/c1-11-5-6-13(10-15)14(9-11)16-8-7-12-3-2-4-12/h5-6,9,12,16H,2-4,7-8H2,1H3. The fourth-order valence-electron chi connectivity index (χ4n) is 2.09. The molecule has 1 fully saturated rings. The van der Waals surface area contributed by atoms with Crippen LogP contribution in [0.1, 0.15) is 36.8 Å². The topological polar surface area (TPSA) is 35.8 Å². The predicted octanol–water partition coefficient (Wildman–Crippen LogP) is 3.47. The molecule has 1 aromatic rings. The zero-order valence-corrected chi connectivity index (χ0v) is 9.79. The second-order valence-corrected chi connectivity index (χ2v) is 4.67. The summed E-state index contributed by atoms with van der Waals surface area (Å²) >= 11 is 0. The van der Waals surface area contributed by atoms with Gasteiger partial charge in [0, 0.05) is 6.54 Å². The van der Waals surface area contributed by atoms with E-state index in [0.29, 0.717) is 0 Å². The molecular weight excluding hydrogens is 196 g/mol. The summed E-state index contributed by atoms with van der Waals surface area (Å²) in [6.07, 6.45) is 5.42. The van der Waals surface area contributed by atoms with Gasteiger partial charge < -0.3 is 5.32 Å². The number of anilines is 1. The number of nitrogens with zero attached hydrogens (tertiary/aromatic N) is 1. The van der Waals surface area contributed by atoms with Gasteiger partial charge >= 0.3 is 0 Å². The van der Waals surface area contributed by atoms with Crippen molar-refractivity contribution in [3.05, 3.63) is 29.3 Å². The van der Waals surface area contributed by atoms with Crippen LogP contribution in [-0.4, -0.2) is 6.54 Å². The van der Waals surface area contributed by atoms with Gasteiger partial charge in [-0.25, -0.2) is 0 Å². The highest BCUT2D eigenvalue weighted by atomic mass is 14.9. The highest BCUT2D eigenvalue weighted by Crippen LogP contribution is 2.29. The average molecular weight is 214 g/mol. The van der Waals surface area contributed by atoms with Gasteiger partial charge in [-0.1, -0.05) is 25.3 Å². The molecule has 2 heteroatoms. The summed E-state index contributed by atoms with van der Waals surface area (Å²) in [4.78, 5) is 0. The maximum Gasteiger partial charge on any atom is 0.101 e. The third-order valence-electron chi connectivity index (χ3n) is 3.39. The van der Waals surface area contributed by atoms with Gasteiger partial charge in [0.2, 0.25) is 0 Å². The van der Waals surface area contributed by atoms with Crippen LogP contribution in [0.3, 0.4) is 0 Å². The predicted molar refractivity (Wildman–Crippen MR) is 66.3 cm³/mol. The zero-order chi connectivity index (χ0) is 11.4. The Hall–Kier alpha value is -1.49. The van der Waals surface area contributed by atoms with Crippen molar-refractivity contribution >= 4 is 5.69 Å². The van der Waals surface area contributed by atoms with Crippen molar-refractivity contribution in [3.8, 4) is 6.07 Å². The van der Waals surface area contributed by atoms with Crippen molar-refractivity contribution in [2.45, 2.75) is 32.6 Å². The third kappa shape index (κ3) is 2.55. The van der Waals surface area contributed by atoms with Crippen LogP contribution >= 0.6 is 0 Å². The van der Waals surface area contributed by atoms with E-state index < -0.39 is 0 Å². The van der Waals surface area contributed by atoms with Gasteiger partial charge in [0.15, 0.2) is 0 Å². The van der Waals surface area contributed by atoms with Gasteiger partial charge in [-0.05, 0) is 37.0 Å². The van der Waals surface area contributed by atoms with Gasteiger partial charge in [0.05, 0.1) is 11.3 Å². The Bertz CT molecular complexity index is 400. The Balaban J connectivity index is 1.91. The van der Waals surface area contributed by atoms with Crippen molar-refractivity contribution in [1.82, 2.24) is 0 Å². The first kappa shape index (κ1) is 11.0. The van der Waals surface area contributed by atoms with Gasteiger partial charge in [-0.3, -0.25) is 0 Å². The van der Waals surface area contributed by atoms with Crippen LogP contribution in [0.25, 0.3) is 0 Å². The SMILES string of the molecule is Cc1ccc(C#N)c(NCCC2CCC2)c1. The molecule has 1 saturated carbocycles.